The van der Waals surface area contributed by atoms with Crippen molar-refractivity contribution < 1.29 is 19.1 Å². The fourth-order valence-electron chi connectivity index (χ4n) is 7.20. The van der Waals surface area contributed by atoms with Crippen molar-refractivity contribution in [2.75, 3.05) is 14.2 Å². The van der Waals surface area contributed by atoms with Gasteiger partial charge in [0, 0.05) is 22.8 Å². The summed E-state index contributed by atoms with van der Waals surface area (Å²) in [5.74, 6) is 0.0250. The van der Waals surface area contributed by atoms with Crippen molar-refractivity contribution in [1.82, 2.24) is 0 Å². The lowest BCUT2D eigenvalue weighted by atomic mass is 9.65. The summed E-state index contributed by atoms with van der Waals surface area (Å²) < 4.78 is 10.3. The molecule has 0 aliphatic heterocycles. The predicted octanol–water partition coefficient (Wildman–Crippen LogP) is 5.94. The lowest BCUT2D eigenvalue weighted by Gasteiger charge is -2.57. The van der Waals surface area contributed by atoms with Gasteiger partial charge < -0.3 is 9.47 Å². The Bertz CT molecular complexity index is 657. The van der Waals surface area contributed by atoms with E-state index in [1.54, 1.807) is 0 Å². The van der Waals surface area contributed by atoms with Crippen LogP contribution in [0, 0.1) is 17.3 Å². The van der Waals surface area contributed by atoms with Crippen LogP contribution < -0.4 is 0 Å². The maximum Gasteiger partial charge on any atom is 0.323 e. The van der Waals surface area contributed by atoms with Gasteiger partial charge in [-0.3, -0.25) is 9.59 Å². The summed E-state index contributed by atoms with van der Waals surface area (Å²) in [6.07, 6.45) is 1.80. The van der Waals surface area contributed by atoms with Crippen molar-refractivity contribution in [2.45, 2.75) is 92.0 Å². The largest absolute Gasteiger partial charge is 0.468 e. The summed E-state index contributed by atoms with van der Waals surface area (Å²) in [5.41, 5.74) is 2.94. The fraction of sp³-hybridized carbons (Fsp3) is 0.826. The molecule has 1 rings (SSSR count). The van der Waals surface area contributed by atoms with Crippen LogP contribution in [0.4, 0.5) is 0 Å². The minimum atomic E-state index is -1.78. The molecule has 0 aromatic rings. The van der Waals surface area contributed by atoms with E-state index in [1.807, 2.05) is 0 Å². The summed E-state index contributed by atoms with van der Waals surface area (Å²) in [5, 5.41) is 0. The van der Waals surface area contributed by atoms with Gasteiger partial charge in [0.2, 0.25) is 0 Å². The first-order valence-corrected chi connectivity index (χ1v) is 27.3. The Morgan fingerprint density at radius 1 is 0.871 bits per heavy atom. The molecule has 0 aromatic heterocycles. The Balaban J connectivity index is 3.93. The molecule has 1 unspecified atom stereocenters. The fourth-order valence-corrected chi connectivity index (χ4v) is 103. The third-order valence-corrected chi connectivity index (χ3v) is 78.8. The van der Waals surface area contributed by atoms with E-state index in [0.29, 0.717) is 24.7 Å². The van der Waals surface area contributed by atoms with Crippen LogP contribution in [0.5, 0.6) is 0 Å². The first-order valence-electron chi connectivity index (χ1n) is 11.7. The summed E-state index contributed by atoms with van der Waals surface area (Å²) >= 11 is 0. The maximum absolute atomic E-state index is 13.0. The molecule has 1 atom stereocenters. The number of esters is 2. The highest BCUT2D eigenvalue weighted by Gasteiger charge is 2.61. The Labute approximate surface area is 195 Å². The first-order chi connectivity index (χ1) is 13.8. The molecule has 4 nitrogen and oxygen atoms in total. The maximum atomic E-state index is 13.0. The van der Waals surface area contributed by atoms with Crippen molar-refractivity contribution in [3.8, 4) is 0 Å². The molecule has 0 spiro atoms. The summed E-state index contributed by atoms with van der Waals surface area (Å²) in [4.78, 5) is 25.9. The number of rotatable bonds is 7. The van der Waals surface area contributed by atoms with Gasteiger partial charge in [-0.15, -0.1) is 5.70 Å². The summed E-state index contributed by atoms with van der Waals surface area (Å²) in [6, 6.07) is 0. The highest BCUT2D eigenvalue weighted by atomic mass is 29.9. The lowest BCUT2D eigenvalue weighted by Crippen LogP contribution is -2.82. The Morgan fingerprint density at radius 3 is 1.55 bits per heavy atom. The average molecular weight is 501 g/mol. The molecule has 0 N–H and O–H groups in total. The van der Waals surface area contributed by atoms with Gasteiger partial charge in [0.1, 0.15) is 0 Å². The highest BCUT2D eigenvalue weighted by Crippen LogP contribution is 2.49. The van der Waals surface area contributed by atoms with E-state index in [4.69, 9.17) is 9.47 Å². The molecule has 1 fully saturated rings. The number of carbonyl (C=O) groups is 2. The van der Waals surface area contributed by atoms with E-state index in [1.165, 1.54) is 19.8 Å². The van der Waals surface area contributed by atoms with Gasteiger partial charge in [0.25, 0.3) is 0 Å². The zero-order valence-electron chi connectivity index (χ0n) is 22.5. The molecule has 0 heterocycles. The Morgan fingerprint density at radius 2 is 1.26 bits per heavy atom. The van der Waals surface area contributed by atoms with E-state index < -0.39 is 46.8 Å². The standard InChI is InChI=1S/C23H48O4Si4/c1-18(2)20-14-15-23(21(24)26-3,22(25)27-4)16-19(20)17-31(28(5,6)7,29(8,9)10)30(11,12)13/h17-18,20H,14-16H2,1-13H3/b19-17+. The van der Waals surface area contributed by atoms with E-state index in [-0.39, 0.29) is 0 Å². The van der Waals surface area contributed by atoms with Crippen molar-refractivity contribution in [2.24, 2.45) is 17.3 Å². The van der Waals surface area contributed by atoms with Crippen LogP contribution in [-0.2, 0) is 19.1 Å². The van der Waals surface area contributed by atoms with Crippen LogP contribution in [0.1, 0.15) is 33.1 Å². The molecule has 31 heavy (non-hydrogen) atoms. The topological polar surface area (TPSA) is 52.6 Å². The van der Waals surface area contributed by atoms with Crippen LogP contribution in [0.25, 0.3) is 0 Å². The minimum Gasteiger partial charge on any atom is -0.468 e. The first kappa shape index (κ1) is 28.6. The van der Waals surface area contributed by atoms with Gasteiger partial charge in [-0.2, -0.15) is 0 Å². The van der Waals surface area contributed by atoms with Crippen LogP contribution in [0.3, 0.4) is 0 Å². The molecule has 0 radical (unpaired) electrons. The molecule has 0 aromatic carbocycles. The SMILES string of the molecule is COC(=O)C1(C(=O)OC)CCC(C(C)C)/C(=C/[Si]([Si](C)(C)C)([Si](C)(C)C)[Si](C)(C)C)C1. The smallest absolute Gasteiger partial charge is 0.323 e. The molecule has 1 saturated carbocycles. The van der Waals surface area contributed by atoms with Crippen LogP contribution in [0.2, 0.25) is 58.9 Å². The predicted molar refractivity (Wildman–Crippen MR) is 143 cm³/mol. The molecule has 0 saturated heterocycles. The van der Waals surface area contributed by atoms with Gasteiger partial charge >= 0.3 is 11.9 Å². The van der Waals surface area contributed by atoms with Gasteiger partial charge in [-0.25, -0.2) is 0 Å². The van der Waals surface area contributed by atoms with E-state index >= 15 is 0 Å². The molecular formula is C23H48O4Si4. The number of hydrogen-bond acceptors (Lipinski definition) is 4. The number of carbonyl (C=O) groups excluding carboxylic acids is 2. The van der Waals surface area contributed by atoms with Crippen LogP contribution in [0.15, 0.2) is 11.3 Å². The Kier molecular flexibility index (Phi) is 8.69. The molecule has 180 valence electrons. The average Bonchev–Trinajstić information content (AvgIpc) is 2.60. The number of ether oxygens (including phenoxy) is 2. The number of hydrogen-bond donors (Lipinski definition) is 0. The van der Waals surface area contributed by atoms with Gasteiger partial charge in [-0.05, 0) is 31.1 Å². The minimum absolute atomic E-state index is 0.415. The normalized spacial score (nSPS) is 21.9. The van der Waals surface area contributed by atoms with E-state index in [0.717, 1.165) is 6.42 Å². The number of methoxy groups -OCH3 is 2. The summed E-state index contributed by atoms with van der Waals surface area (Å²) in [7, 11) is -1.79. The van der Waals surface area contributed by atoms with Gasteiger partial charge in [0.05, 0.1) is 20.8 Å². The molecule has 1 aliphatic rings. The quantitative estimate of drug-likeness (QED) is 0.247. The van der Waals surface area contributed by atoms with Gasteiger partial charge in [0.15, 0.2) is 5.41 Å². The van der Waals surface area contributed by atoms with Crippen molar-refractivity contribution in [3.05, 3.63) is 11.3 Å². The molecule has 1 aliphatic carbocycles. The zero-order valence-corrected chi connectivity index (χ0v) is 26.5. The van der Waals surface area contributed by atoms with Crippen LogP contribution >= 0.6 is 0 Å². The van der Waals surface area contributed by atoms with Crippen molar-refractivity contribution >= 4 is 41.3 Å². The molecular weight excluding hydrogens is 453 g/mol. The third-order valence-electron chi connectivity index (χ3n) is 7.77. The summed E-state index contributed by atoms with van der Waals surface area (Å²) in [6.45, 7) is 26.0. The second-order valence-electron chi connectivity index (χ2n) is 12.9. The van der Waals surface area contributed by atoms with E-state index in [2.05, 4.69) is 78.5 Å². The third kappa shape index (κ3) is 5.06. The lowest BCUT2D eigenvalue weighted by molar-refractivity contribution is -0.171. The molecule has 8 heteroatoms. The van der Waals surface area contributed by atoms with Gasteiger partial charge in [-0.1, -0.05) is 78.3 Å². The second kappa shape index (κ2) is 9.42. The Hall–Kier alpha value is -0.452. The monoisotopic (exact) mass is 500 g/mol. The highest BCUT2D eigenvalue weighted by molar-refractivity contribution is 7.90. The van der Waals surface area contributed by atoms with Crippen LogP contribution in [-0.4, -0.2) is 55.6 Å². The van der Waals surface area contributed by atoms with E-state index in [9.17, 15) is 9.59 Å². The van der Waals surface area contributed by atoms with Crippen molar-refractivity contribution in [3.63, 3.8) is 0 Å². The molecule has 0 bridgehead atoms. The second-order valence-corrected chi connectivity index (χ2v) is 53.4. The number of allylic oxidation sites excluding steroid dienone is 1. The molecule has 0 amide bonds. The zero-order chi connectivity index (χ0) is 24.6. The van der Waals surface area contributed by atoms with Crippen molar-refractivity contribution in [1.29, 1.82) is 0 Å².